The van der Waals surface area contributed by atoms with E-state index in [1.165, 1.54) is 5.56 Å². The number of aromatic hydroxyl groups is 1. The summed E-state index contributed by atoms with van der Waals surface area (Å²) in [4.78, 5) is 0. The van der Waals surface area contributed by atoms with Crippen LogP contribution in [-0.2, 0) is 6.42 Å². The largest absolute Gasteiger partial charge is 0.508 e. The van der Waals surface area contributed by atoms with Crippen molar-refractivity contribution < 1.29 is 14.6 Å². The van der Waals surface area contributed by atoms with Gasteiger partial charge in [0.2, 0.25) is 0 Å². The van der Waals surface area contributed by atoms with Crippen molar-refractivity contribution in [3.05, 3.63) is 52.0 Å². The van der Waals surface area contributed by atoms with Crippen LogP contribution >= 0.6 is 11.6 Å². The molecule has 2 N–H and O–H groups in total. The van der Waals surface area contributed by atoms with Gasteiger partial charge in [-0.1, -0.05) is 11.6 Å². The van der Waals surface area contributed by atoms with Crippen LogP contribution in [0.4, 0.5) is 0 Å². The fourth-order valence-corrected chi connectivity index (χ4v) is 3.10. The Hall–Kier alpha value is -1.91. The minimum absolute atomic E-state index is 0.123. The number of hydrogen-bond acceptors (Lipinski definition) is 4. The highest BCUT2D eigenvalue weighted by Crippen LogP contribution is 2.40. The van der Waals surface area contributed by atoms with E-state index >= 15 is 0 Å². The fourth-order valence-electron chi connectivity index (χ4n) is 2.92. The Bertz CT molecular complexity index is 703. The summed E-state index contributed by atoms with van der Waals surface area (Å²) in [5, 5.41) is 14.2. The van der Waals surface area contributed by atoms with E-state index in [2.05, 4.69) is 5.32 Å². The molecule has 116 valence electrons. The van der Waals surface area contributed by atoms with Gasteiger partial charge in [-0.05, 0) is 47.9 Å². The summed E-state index contributed by atoms with van der Waals surface area (Å²) in [6.45, 7) is 0.819. The third kappa shape index (κ3) is 2.60. The topological polar surface area (TPSA) is 50.7 Å². The maximum atomic E-state index is 10.2. The second-order valence-electron chi connectivity index (χ2n) is 5.25. The van der Waals surface area contributed by atoms with Crippen LogP contribution in [0.25, 0.3) is 0 Å². The smallest absolute Gasteiger partial charge is 0.161 e. The van der Waals surface area contributed by atoms with Gasteiger partial charge in [0.05, 0.1) is 20.3 Å². The van der Waals surface area contributed by atoms with E-state index in [0.29, 0.717) is 10.8 Å². The molecule has 0 fully saturated rings. The highest BCUT2D eigenvalue weighted by molar-refractivity contribution is 6.30. The lowest BCUT2D eigenvalue weighted by molar-refractivity contribution is 0.352. The monoisotopic (exact) mass is 319 g/mol. The quantitative estimate of drug-likeness (QED) is 0.911. The predicted molar refractivity (Wildman–Crippen MR) is 86.2 cm³/mol. The molecule has 3 rings (SSSR count). The lowest BCUT2D eigenvalue weighted by Gasteiger charge is -2.29. The molecule has 0 saturated heterocycles. The molecule has 2 aromatic carbocycles. The summed E-state index contributed by atoms with van der Waals surface area (Å²) in [7, 11) is 3.25. The Morgan fingerprint density at radius 3 is 2.55 bits per heavy atom. The second-order valence-corrected chi connectivity index (χ2v) is 5.68. The number of methoxy groups -OCH3 is 2. The Labute approximate surface area is 134 Å². The van der Waals surface area contributed by atoms with Crippen molar-refractivity contribution in [3.8, 4) is 17.2 Å². The number of fused-ring (bicyclic) bond motifs is 1. The van der Waals surface area contributed by atoms with Crippen LogP contribution in [0.2, 0.25) is 5.02 Å². The molecule has 1 aliphatic heterocycles. The summed E-state index contributed by atoms with van der Waals surface area (Å²) in [5.74, 6) is 1.62. The molecule has 1 heterocycles. The van der Waals surface area contributed by atoms with Gasteiger partial charge < -0.3 is 19.9 Å². The zero-order valence-electron chi connectivity index (χ0n) is 12.5. The zero-order chi connectivity index (χ0) is 15.7. The van der Waals surface area contributed by atoms with E-state index in [9.17, 15) is 5.11 Å². The maximum Gasteiger partial charge on any atom is 0.161 e. The molecular weight excluding hydrogens is 302 g/mol. The van der Waals surface area contributed by atoms with Crippen LogP contribution in [0.15, 0.2) is 30.3 Å². The van der Waals surface area contributed by atoms with E-state index < -0.39 is 0 Å². The molecule has 0 saturated carbocycles. The van der Waals surface area contributed by atoms with Crippen molar-refractivity contribution in [1.82, 2.24) is 5.32 Å². The van der Waals surface area contributed by atoms with Crippen molar-refractivity contribution >= 4 is 11.6 Å². The van der Waals surface area contributed by atoms with Crippen LogP contribution in [0, 0.1) is 0 Å². The van der Waals surface area contributed by atoms with Crippen molar-refractivity contribution in [2.24, 2.45) is 0 Å². The predicted octanol–water partition coefficient (Wildman–Crippen LogP) is 3.30. The van der Waals surface area contributed by atoms with Crippen LogP contribution in [0.3, 0.4) is 0 Å². The molecular formula is C17H18ClNO3. The number of phenolic OH excluding ortho intramolecular Hbond substituents is 1. The lowest BCUT2D eigenvalue weighted by atomic mass is 9.89. The number of hydrogen-bond donors (Lipinski definition) is 2. The molecule has 5 heteroatoms. The molecule has 0 aliphatic carbocycles. The Morgan fingerprint density at radius 2 is 1.82 bits per heavy atom. The number of ether oxygens (including phenoxy) is 2. The van der Waals surface area contributed by atoms with E-state index in [4.69, 9.17) is 21.1 Å². The zero-order valence-corrected chi connectivity index (χ0v) is 13.3. The van der Waals surface area contributed by atoms with Gasteiger partial charge >= 0.3 is 0 Å². The third-order valence-corrected chi connectivity index (χ3v) is 4.23. The summed E-state index contributed by atoms with van der Waals surface area (Å²) in [6, 6.07) is 8.94. The standard InChI is InChI=1S/C17H18ClNO3/c1-21-15-7-10-5-6-19-17(12(10)9-16(15)22-2)13-8-11(18)3-4-14(13)20/h3-4,7-9,17,19-20H,5-6H2,1-2H3/t17-/m0/s1. The molecule has 0 bridgehead atoms. The molecule has 0 amide bonds. The van der Waals surface area contributed by atoms with Gasteiger partial charge in [0.1, 0.15) is 5.75 Å². The van der Waals surface area contributed by atoms with E-state index in [1.54, 1.807) is 32.4 Å². The number of halogens is 1. The van der Waals surface area contributed by atoms with Crippen molar-refractivity contribution in [3.63, 3.8) is 0 Å². The second kappa shape index (κ2) is 6.07. The highest BCUT2D eigenvalue weighted by atomic mass is 35.5. The van der Waals surface area contributed by atoms with E-state index in [-0.39, 0.29) is 11.8 Å². The van der Waals surface area contributed by atoms with Gasteiger partial charge in [-0.3, -0.25) is 0 Å². The first-order chi connectivity index (χ1) is 10.6. The SMILES string of the molecule is COc1cc2c(cc1OC)[C@@H](c1cc(Cl)ccc1O)NCC2. The van der Waals surface area contributed by atoms with Crippen LogP contribution in [0.5, 0.6) is 17.2 Å². The first-order valence-corrected chi connectivity index (χ1v) is 7.48. The van der Waals surface area contributed by atoms with Crippen LogP contribution in [0.1, 0.15) is 22.7 Å². The van der Waals surface area contributed by atoms with Crippen LogP contribution in [-0.4, -0.2) is 25.9 Å². The third-order valence-electron chi connectivity index (χ3n) is 4.00. The molecule has 0 radical (unpaired) electrons. The molecule has 2 aromatic rings. The molecule has 1 atom stereocenters. The van der Waals surface area contributed by atoms with Gasteiger partial charge in [0, 0.05) is 17.1 Å². The Balaban J connectivity index is 2.13. The maximum absolute atomic E-state index is 10.2. The molecule has 0 aromatic heterocycles. The van der Waals surface area contributed by atoms with Gasteiger partial charge in [-0.2, -0.15) is 0 Å². The summed E-state index contributed by atoms with van der Waals surface area (Å²) >= 11 is 6.09. The molecule has 1 aliphatic rings. The van der Waals surface area contributed by atoms with Crippen molar-refractivity contribution in [2.75, 3.05) is 20.8 Å². The molecule has 4 nitrogen and oxygen atoms in total. The fraction of sp³-hybridized carbons (Fsp3) is 0.294. The Kier molecular flexibility index (Phi) is 4.14. The normalized spacial score (nSPS) is 17.0. The minimum atomic E-state index is -0.123. The summed E-state index contributed by atoms with van der Waals surface area (Å²) in [6.07, 6.45) is 0.896. The molecule has 22 heavy (non-hydrogen) atoms. The number of benzene rings is 2. The van der Waals surface area contributed by atoms with Gasteiger partial charge in [-0.15, -0.1) is 0 Å². The lowest BCUT2D eigenvalue weighted by Crippen LogP contribution is -2.30. The van der Waals surface area contributed by atoms with Crippen LogP contribution < -0.4 is 14.8 Å². The van der Waals surface area contributed by atoms with E-state index in [0.717, 1.165) is 29.8 Å². The summed E-state index contributed by atoms with van der Waals surface area (Å²) < 4.78 is 10.8. The first kappa shape index (κ1) is 15.0. The minimum Gasteiger partial charge on any atom is -0.508 e. The number of nitrogens with one attached hydrogen (secondary N) is 1. The average Bonchev–Trinajstić information content (AvgIpc) is 2.55. The highest BCUT2D eigenvalue weighted by Gasteiger charge is 2.26. The van der Waals surface area contributed by atoms with Gasteiger partial charge in [-0.25, -0.2) is 0 Å². The molecule has 0 unspecified atom stereocenters. The first-order valence-electron chi connectivity index (χ1n) is 7.10. The van der Waals surface area contributed by atoms with E-state index in [1.807, 2.05) is 12.1 Å². The average molecular weight is 320 g/mol. The van der Waals surface area contributed by atoms with Crippen molar-refractivity contribution in [2.45, 2.75) is 12.5 Å². The Morgan fingerprint density at radius 1 is 1.09 bits per heavy atom. The van der Waals surface area contributed by atoms with Gasteiger partial charge in [0.15, 0.2) is 11.5 Å². The number of rotatable bonds is 3. The van der Waals surface area contributed by atoms with Crippen molar-refractivity contribution in [1.29, 1.82) is 0 Å². The van der Waals surface area contributed by atoms with Gasteiger partial charge in [0.25, 0.3) is 0 Å². The molecule has 0 spiro atoms. The number of phenols is 1. The summed E-state index contributed by atoms with van der Waals surface area (Å²) in [5.41, 5.74) is 3.02.